The number of aliphatic carboxylic acids is 2. The van der Waals surface area contributed by atoms with Gasteiger partial charge in [0.15, 0.2) is 0 Å². The van der Waals surface area contributed by atoms with Crippen LogP contribution in [0.3, 0.4) is 0 Å². The van der Waals surface area contributed by atoms with E-state index in [2.05, 4.69) is 15.9 Å². The van der Waals surface area contributed by atoms with E-state index in [4.69, 9.17) is 10.2 Å². The van der Waals surface area contributed by atoms with E-state index in [1.54, 1.807) is 18.2 Å². The lowest BCUT2D eigenvalue weighted by Crippen LogP contribution is -2.07. The molecule has 1 aromatic carbocycles. The highest BCUT2D eigenvalue weighted by Crippen LogP contribution is 2.18. The van der Waals surface area contributed by atoms with E-state index >= 15 is 0 Å². The van der Waals surface area contributed by atoms with E-state index in [-0.39, 0.29) is 12.8 Å². The van der Waals surface area contributed by atoms with Crippen molar-refractivity contribution in [1.82, 2.24) is 0 Å². The van der Waals surface area contributed by atoms with Crippen molar-refractivity contribution in [1.29, 1.82) is 0 Å². The maximum atomic E-state index is 10.6. The van der Waals surface area contributed by atoms with Crippen molar-refractivity contribution in [3.63, 3.8) is 0 Å². The van der Waals surface area contributed by atoms with Crippen molar-refractivity contribution in [2.75, 3.05) is 0 Å². The fourth-order valence-corrected chi connectivity index (χ4v) is 1.67. The third-order valence-electron chi connectivity index (χ3n) is 1.85. The van der Waals surface area contributed by atoms with Gasteiger partial charge in [-0.15, -0.1) is 0 Å². The molecule has 4 nitrogen and oxygen atoms in total. The van der Waals surface area contributed by atoms with Gasteiger partial charge in [0.1, 0.15) is 0 Å². The number of carbonyl (C=O) groups is 2. The number of hydrogen-bond donors (Lipinski definition) is 2. The van der Waals surface area contributed by atoms with Crippen LogP contribution >= 0.6 is 15.9 Å². The van der Waals surface area contributed by atoms with Gasteiger partial charge in [-0.3, -0.25) is 9.59 Å². The van der Waals surface area contributed by atoms with E-state index in [0.29, 0.717) is 11.1 Å². The van der Waals surface area contributed by atoms with Crippen molar-refractivity contribution in [2.24, 2.45) is 0 Å². The molecule has 1 aromatic rings. The molecule has 1 rings (SSSR count). The summed E-state index contributed by atoms with van der Waals surface area (Å²) in [7, 11) is 0. The second-order valence-corrected chi connectivity index (χ2v) is 3.97. The number of benzene rings is 1. The third kappa shape index (κ3) is 3.71. The minimum absolute atomic E-state index is 0.157. The zero-order valence-electron chi connectivity index (χ0n) is 7.74. The summed E-state index contributed by atoms with van der Waals surface area (Å²) in [4.78, 5) is 21.1. The summed E-state index contributed by atoms with van der Waals surface area (Å²) in [5.41, 5.74) is 1.06. The Bertz CT molecular complexity index is 400. The lowest BCUT2D eigenvalue weighted by atomic mass is 10.0. The third-order valence-corrected chi connectivity index (χ3v) is 2.34. The monoisotopic (exact) mass is 272 g/mol. The molecule has 0 saturated heterocycles. The van der Waals surface area contributed by atoms with Crippen LogP contribution in [0.1, 0.15) is 11.1 Å². The Balaban J connectivity index is 3.02. The van der Waals surface area contributed by atoms with Crippen LogP contribution in [0, 0.1) is 0 Å². The molecule has 0 radical (unpaired) electrons. The molecule has 0 aliphatic carbocycles. The molecule has 0 aromatic heterocycles. The van der Waals surface area contributed by atoms with E-state index < -0.39 is 11.9 Å². The fraction of sp³-hybridized carbons (Fsp3) is 0.200. The highest BCUT2D eigenvalue weighted by Gasteiger charge is 2.10. The van der Waals surface area contributed by atoms with E-state index in [9.17, 15) is 9.59 Å². The van der Waals surface area contributed by atoms with Crippen molar-refractivity contribution < 1.29 is 19.8 Å². The van der Waals surface area contributed by atoms with Gasteiger partial charge >= 0.3 is 11.9 Å². The van der Waals surface area contributed by atoms with Gasteiger partial charge in [0.05, 0.1) is 12.8 Å². The maximum absolute atomic E-state index is 10.6. The lowest BCUT2D eigenvalue weighted by Gasteiger charge is -2.05. The molecule has 0 atom stereocenters. The molecule has 0 amide bonds. The second kappa shape index (κ2) is 4.93. The van der Waals surface area contributed by atoms with Gasteiger partial charge in [0, 0.05) is 4.47 Å². The van der Waals surface area contributed by atoms with Crippen LogP contribution in [0.5, 0.6) is 0 Å². The summed E-state index contributed by atoms with van der Waals surface area (Å²) in [6.07, 6.45) is -0.321. The Labute approximate surface area is 94.7 Å². The minimum atomic E-state index is -0.972. The van der Waals surface area contributed by atoms with Crippen molar-refractivity contribution in [2.45, 2.75) is 12.8 Å². The van der Waals surface area contributed by atoms with Crippen LogP contribution in [-0.2, 0) is 22.4 Å². The van der Waals surface area contributed by atoms with Gasteiger partial charge in [-0.1, -0.05) is 22.0 Å². The summed E-state index contributed by atoms with van der Waals surface area (Å²) >= 11 is 3.21. The summed E-state index contributed by atoms with van der Waals surface area (Å²) in [6, 6.07) is 4.95. The smallest absolute Gasteiger partial charge is 0.307 e. The van der Waals surface area contributed by atoms with Gasteiger partial charge in [-0.05, 0) is 23.3 Å². The van der Waals surface area contributed by atoms with Crippen LogP contribution in [0.15, 0.2) is 22.7 Å². The molecule has 0 bridgehead atoms. The zero-order chi connectivity index (χ0) is 11.4. The fourth-order valence-electron chi connectivity index (χ4n) is 1.26. The summed E-state index contributed by atoms with van der Waals surface area (Å²) in [6.45, 7) is 0. The SMILES string of the molecule is O=C(O)Cc1ccc(Br)cc1CC(=O)O. The standard InChI is InChI=1S/C10H9BrO4/c11-8-2-1-6(4-9(12)13)7(3-8)5-10(14)15/h1-3H,4-5H2,(H,12,13)(H,14,15). The van der Waals surface area contributed by atoms with Crippen LogP contribution in [0.4, 0.5) is 0 Å². The molecule has 0 fully saturated rings. The first-order valence-corrected chi connectivity index (χ1v) is 4.99. The Morgan fingerprint density at radius 2 is 1.60 bits per heavy atom. The zero-order valence-corrected chi connectivity index (χ0v) is 9.32. The van der Waals surface area contributed by atoms with Crippen molar-refractivity contribution in [3.05, 3.63) is 33.8 Å². The van der Waals surface area contributed by atoms with Gasteiger partial charge in [0.2, 0.25) is 0 Å². The Kier molecular flexibility index (Phi) is 3.85. The number of hydrogen-bond acceptors (Lipinski definition) is 2. The van der Waals surface area contributed by atoms with Crippen LogP contribution in [0.2, 0.25) is 0 Å². The molecule has 0 spiro atoms. The molecule has 0 aliphatic heterocycles. The Morgan fingerprint density at radius 3 is 2.13 bits per heavy atom. The first-order chi connectivity index (χ1) is 6.99. The van der Waals surface area contributed by atoms with Gasteiger partial charge in [0.25, 0.3) is 0 Å². The summed E-state index contributed by atoms with van der Waals surface area (Å²) < 4.78 is 0.743. The van der Waals surface area contributed by atoms with Crippen molar-refractivity contribution in [3.8, 4) is 0 Å². The Morgan fingerprint density at radius 1 is 1.07 bits per heavy atom. The number of rotatable bonds is 4. The average Bonchev–Trinajstić information content (AvgIpc) is 2.08. The first kappa shape index (κ1) is 11.7. The summed E-state index contributed by atoms with van der Waals surface area (Å²) in [5, 5.41) is 17.3. The average molecular weight is 273 g/mol. The summed E-state index contributed by atoms with van der Waals surface area (Å²) in [5.74, 6) is -1.94. The first-order valence-electron chi connectivity index (χ1n) is 4.20. The highest BCUT2D eigenvalue weighted by molar-refractivity contribution is 9.10. The number of halogens is 1. The second-order valence-electron chi connectivity index (χ2n) is 3.05. The van der Waals surface area contributed by atoms with E-state index in [1.165, 1.54) is 0 Å². The van der Waals surface area contributed by atoms with Gasteiger partial charge in [-0.2, -0.15) is 0 Å². The predicted octanol–water partition coefficient (Wildman–Crippen LogP) is 1.70. The maximum Gasteiger partial charge on any atom is 0.307 e. The molecule has 2 N–H and O–H groups in total. The van der Waals surface area contributed by atoms with E-state index in [1.807, 2.05) is 0 Å². The molecular weight excluding hydrogens is 264 g/mol. The minimum Gasteiger partial charge on any atom is -0.481 e. The molecule has 0 heterocycles. The normalized spacial score (nSPS) is 9.93. The number of carboxylic acids is 2. The quantitative estimate of drug-likeness (QED) is 0.875. The molecule has 15 heavy (non-hydrogen) atoms. The van der Waals surface area contributed by atoms with Crippen LogP contribution in [-0.4, -0.2) is 22.2 Å². The topological polar surface area (TPSA) is 74.6 Å². The largest absolute Gasteiger partial charge is 0.481 e. The predicted molar refractivity (Wildman–Crippen MR) is 56.8 cm³/mol. The lowest BCUT2D eigenvalue weighted by molar-refractivity contribution is -0.137. The molecular formula is C10H9BrO4. The van der Waals surface area contributed by atoms with Crippen LogP contribution in [0.25, 0.3) is 0 Å². The van der Waals surface area contributed by atoms with Gasteiger partial charge in [-0.25, -0.2) is 0 Å². The van der Waals surface area contributed by atoms with E-state index in [0.717, 1.165) is 4.47 Å². The molecule has 0 saturated carbocycles. The van der Waals surface area contributed by atoms with Crippen LogP contribution < -0.4 is 0 Å². The molecule has 0 aliphatic rings. The Hall–Kier alpha value is -1.36. The van der Waals surface area contributed by atoms with Crippen molar-refractivity contribution >= 4 is 27.9 Å². The molecule has 0 unspecified atom stereocenters. The van der Waals surface area contributed by atoms with Gasteiger partial charge < -0.3 is 10.2 Å². The number of carboxylic acid groups (broad SMARTS) is 2. The highest BCUT2D eigenvalue weighted by atomic mass is 79.9. The molecule has 80 valence electrons. The molecule has 5 heteroatoms.